The van der Waals surface area contributed by atoms with Gasteiger partial charge in [-0.05, 0) is 63.4 Å². The third-order valence-corrected chi connectivity index (χ3v) is 6.03. The smallest absolute Gasteiger partial charge is 0.0991 e. The van der Waals surface area contributed by atoms with Gasteiger partial charge in [0.1, 0.15) is 0 Å². The quantitative estimate of drug-likeness (QED) is 0.897. The van der Waals surface area contributed by atoms with Gasteiger partial charge in [0.2, 0.25) is 0 Å². The maximum absolute atomic E-state index is 4.15. The Morgan fingerprint density at radius 1 is 1.12 bits per heavy atom. The first-order valence-corrected chi connectivity index (χ1v) is 9.88. The number of hydrogen-bond acceptors (Lipinski definition) is 3. The van der Waals surface area contributed by atoms with Crippen LogP contribution in [0.3, 0.4) is 0 Å². The molecule has 25 heavy (non-hydrogen) atoms. The summed E-state index contributed by atoms with van der Waals surface area (Å²) >= 11 is 0. The van der Waals surface area contributed by atoms with Crippen LogP contribution in [0.2, 0.25) is 0 Å². The molecule has 1 saturated heterocycles. The Bertz CT molecular complexity index is 652. The van der Waals surface area contributed by atoms with Gasteiger partial charge < -0.3 is 14.8 Å². The normalized spacial score (nSPS) is 21.6. The Hall–Kier alpha value is -1.65. The minimum atomic E-state index is 0.381. The molecule has 1 aliphatic heterocycles. The average molecular weight is 338 g/mol. The maximum Gasteiger partial charge on any atom is 0.0991 e. The van der Waals surface area contributed by atoms with Crippen molar-refractivity contribution in [2.24, 2.45) is 0 Å². The molecule has 1 N–H and O–H groups in total. The SMILES string of the molecule is CC(NC1CCN(C2CCCC2)CC1)c1cccc(-n2ccnc2)c1. The van der Waals surface area contributed by atoms with Crippen LogP contribution in [0.4, 0.5) is 0 Å². The van der Waals surface area contributed by atoms with Crippen LogP contribution in [0.1, 0.15) is 57.1 Å². The number of aromatic nitrogens is 2. The van der Waals surface area contributed by atoms with Crippen LogP contribution in [0.5, 0.6) is 0 Å². The summed E-state index contributed by atoms with van der Waals surface area (Å²) in [6.45, 7) is 4.82. The summed E-state index contributed by atoms with van der Waals surface area (Å²) in [4.78, 5) is 6.89. The Kier molecular flexibility index (Phi) is 5.18. The predicted octanol–water partition coefficient (Wildman–Crippen LogP) is 3.93. The molecule has 1 aromatic carbocycles. The second kappa shape index (κ2) is 7.71. The Morgan fingerprint density at radius 2 is 1.92 bits per heavy atom. The summed E-state index contributed by atoms with van der Waals surface area (Å²) in [5.41, 5.74) is 2.53. The van der Waals surface area contributed by atoms with E-state index in [0.29, 0.717) is 12.1 Å². The summed E-state index contributed by atoms with van der Waals surface area (Å²) in [6, 6.07) is 10.7. The first-order chi connectivity index (χ1) is 12.3. The number of likely N-dealkylation sites (tertiary alicyclic amines) is 1. The fourth-order valence-electron chi connectivity index (χ4n) is 4.52. The van der Waals surface area contributed by atoms with Crippen LogP contribution in [0.25, 0.3) is 5.69 Å². The standard InChI is InChI=1S/C21H30N4/c1-17(18-5-4-8-21(15-18)25-14-11-22-16-25)23-19-9-12-24(13-10-19)20-6-2-3-7-20/h4-5,8,11,14-17,19-20,23H,2-3,6-7,9-10,12-13H2,1H3. The Balaban J connectivity index is 1.33. The van der Waals surface area contributed by atoms with E-state index in [-0.39, 0.29) is 0 Å². The molecule has 4 heteroatoms. The number of nitrogens with zero attached hydrogens (tertiary/aromatic N) is 3. The van der Waals surface area contributed by atoms with Crippen molar-refractivity contribution in [3.8, 4) is 5.69 Å². The van der Waals surface area contributed by atoms with Crippen LogP contribution in [0, 0.1) is 0 Å². The molecular formula is C21H30N4. The summed E-state index contributed by atoms with van der Waals surface area (Å²) in [5, 5.41) is 3.87. The van der Waals surface area contributed by atoms with Gasteiger partial charge in [-0.15, -0.1) is 0 Å². The van der Waals surface area contributed by atoms with E-state index in [1.807, 2.05) is 18.7 Å². The zero-order valence-corrected chi connectivity index (χ0v) is 15.3. The van der Waals surface area contributed by atoms with Gasteiger partial charge in [0.25, 0.3) is 0 Å². The lowest BCUT2D eigenvalue weighted by atomic mass is 9.99. The molecule has 1 unspecified atom stereocenters. The summed E-state index contributed by atoms with van der Waals surface area (Å²) in [7, 11) is 0. The third-order valence-electron chi connectivity index (χ3n) is 6.03. The van der Waals surface area contributed by atoms with Crippen molar-refractivity contribution in [1.29, 1.82) is 0 Å². The van der Waals surface area contributed by atoms with Crippen molar-refractivity contribution in [3.63, 3.8) is 0 Å². The molecule has 4 rings (SSSR count). The predicted molar refractivity (Wildman–Crippen MR) is 102 cm³/mol. The largest absolute Gasteiger partial charge is 0.307 e. The molecule has 134 valence electrons. The van der Waals surface area contributed by atoms with Gasteiger partial charge in [-0.1, -0.05) is 25.0 Å². The Labute approximate surface area is 151 Å². The summed E-state index contributed by atoms with van der Waals surface area (Å²) in [6.07, 6.45) is 14.0. The van der Waals surface area contributed by atoms with E-state index < -0.39 is 0 Å². The highest BCUT2D eigenvalue weighted by Crippen LogP contribution is 2.27. The minimum absolute atomic E-state index is 0.381. The number of nitrogens with one attached hydrogen (secondary N) is 1. The highest BCUT2D eigenvalue weighted by Gasteiger charge is 2.27. The summed E-state index contributed by atoms with van der Waals surface area (Å²) in [5.74, 6) is 0. The molecule has 1 aliphatic carbocycles. The fraction of sp³-hybridized carbons (Fsp3) is 0.571. The molecule has 2 heterocycles. The van der Waals surface area contributed by atoms with Crippen molar-refractivity contribution < 1.29 is 0 Å². The molecule has 2 aromatic rings. The highest BCUT2D eigenvalue weighted by atomic mass is 15.2. The number of piperidine rings is 1. The van der Waals surface area contributed by atoms with Crippen molar-refractivity contribution >= 4 is 0 Å². The molecule has 0 radical (unpaired) electrons. The lowest BCUT2D eigenvalue weighted by Gasteiger charge is -2.37. The lowest BCUT2D eigenvalue weighted by Crippen LogP contribution is -2.46. The van der Waals surface area contributed by atoms with Crippen LogP contribution < -0.4 is 5.32 Å². The first-order valence-electron chi connectivity index (χ1n) is 9.88. The molecule has 0 spiro atoms. The molecule has 0 bridgehead atoms. The summed E-state index contributed by atoms with van der Waals surface area (Å²) < 4.78 is 2.07. The zero-order valence-electron chi connectivity index (χ0n) is 15.3. The van der Waals surface area contributed by atoms with Gasteiger partial charge >= 0.3 is 0 Å². The van der Waals surface area contributed by atoms with Gasteiger partial charge in [0.15, 0.2) is 0 Å². The van der Waals surface area contributed by atoms with Gasteiger partial charge in [0.05, 0.1) is 6.33 Å². The molecular weight excluding hydrogens is 308 g/mol. The highest BCUT2D eigenvalue weighted by molar-refractivity contribution is 5.37. The molecule has 4 nitrogen and oxygen atoms in total. The van der Waals surface area contributed by atoms with Gasteiger partial charge in [-0.25, -0.2) is 4.98 Å². The minimum Gasteiger partial charge on any atom is -0.307 e. The monoisotopic (exact) mass is 338 g/mol. The van der Waals surface area contributed by atoms with Crippen LogP contribution in [-0.2, 0) is 0 Å². The number of hydrogen-bond donors (Lipinski definition) is 1. The molecule has 1 atom stereocenters. The van der Waals surface area contributed by atoms with E-state index in [0.717, 1.165) is 6.04 Å². The second-order valence-electron chi connectivity index (χ2n) is 7.70. The van der Waals surface area contributed by atoms with E-state index in [4.69, 9.17) is 0 Å². The molecule has 1 saturated carbocycles. The third kappa shape index (κ3) is 3.96. The molecule has 1 aromatic heterocycles. The topological polar surface area (TPSA) is 33.1 Å². The van der Waals surface area contributed by atoms with E-state index in [2.05, 4.69) is 51.0 Å². The van der Waals surface area contributed by atoms with E-state index in [1.165, 1.54) is 62.9 Å². The number of benzene rings is 1. The number of rotatable bonds is 5. The molecule has 2 fully saturated rings. The van der Waals surface area contributed by atoms with Crippen LogP contribution in [-0.4, -0.2) is 39.6 Å². The lowest BCUT2D eigenvalue weighted by molar-refractivity contribution is 0.141. The van der Waals surface area contributed by atoms with E-state index in [9.17, 15) is 0 Å². The van der Waals surface area contributed by atoms with Crippen molar-refractivity contribution in [2.45, 2.75) is 63.6 Å². The Morgan fingerprint density at radius 3 is 2.64 bits per heavy atom. The van der Waals surface area contributed by atoms with E-state index in [1.54, 1.807) is 0 Å². The van der Waals surface area contributed by atoms with Crippen LogP contribution >= 0.6 is 0 Å². The second-order valence-corrected chi connectivity index (χ2v) is 7.70. The van der Waals surface area contributed by atoms with E-state index >= 15 is 0 Å². The fourth-order valence-corrected chi connectivity index (χ4v) is 4.52. The molecule has 0 amide bonds. The number of imidazole rings is 1. The van der Waals surface area contributed by atoms with Crippen LogP contribution in [0.15, 0.2) is 43.0 Å². The average Bonchev–Trinajstić information content (AvgIpc) is 3.36. The van der Waals surface area contributed by atoms with Gasteiger partial charge in [-0.3, -0.25) is 0 Å². The maximum atomic E-state index is 4.15. The van der Waals surface area contributed by atoms with Crippen molar-refractivity contribution in [3.05, 3.63) is 48.5 Å². The van der Waals surface area contributed by atoms with Gasteiger partial charge in [-0.2, -0.15) is 0 Å². The van der Waals surface area contributed by atoms with Crippen molar-refractivity contribution in [1.82, 2.24) is 19.8 Å². The zero-order chi connectivity index (χ0) is 17.1. The molecule has 2 aliphatic rings. The first kappa shape index (κ1) is 16.8. The van der Waals surface area contributed by atoms with Crippen molar-refractivity contribution in [2.75, 3.05) is 13.1 Å². The van der Waals surface area contributed by atoms with Gasteiger partial charge in [0, 0.05) is 36.2 Å².